The highest BCUT2D eigenvalue weighted by molar-refractivity contribution is 5.79. The van der Waals surface area contributed by atoms with E-state index in [-0.39, 0.29) is 11.8 Å². The minimum Gasteiger partial charge on any atom is -0.477 e. The summed E-state index contributed by atoms with van der Waals surface area (Å²) in [5.74, 6) is 1.61. The number of carbonyl (C=O) groups excluding carboxylic acids is 1. The van der Waals surface area contributed by atoms with Gasteiger partial charge in [0, 0.05) is 54.6 Å². The number of fused-ring (bicyclic) bond motifs is 1. The van der Waals surface area contributed by atoms with Gasteiger partial charge in [-0.1, -0.05) is 43.3 Å². The first kappa shape index (κ1) is 19.2. The van der Waals surface area contributed by atoms with Gasteiger partial charge in [-0.25, -0.2) is 9.97 Å². The molecular weight excluding hydrogens is 364 g/mol. The second-order valence-electron chi connectivity index (χ2n) is 7.31. The highest BCUT2D eigenvalue weighted by Gasteiger charge is 2.27. The Bertz CT molecular complexity index is 968. The van der Waals surface area contributed by atoms with Gasteiger partial charge in [0.1, 0.15) is 5.82 Å². The van der Waals surface area contributed by atoms with Crippen LogP contribution in [-0.4, -0.2) is 27.0 Å². The molecule has 1 N–H and O–H groups in total. The smallest absolute Gasteiger partial charge is 0.223 e. The summed E-state index contributed by atoms with van der Waals surface area (Å²) in [6, 6.07) is 14.0. The molecule has 1 aliphatic rings. The summed E-state index contributed by atoms with van der Waals surface area (Å²) in [5.41, 5.74) is 3.13. The second-order valence-corrected chi connectivity index (χ2v) is 7.31. The molecule has 0 fully saturated rings. The molecule has 1 atom stereocenters. The number of imidazole rings is 1. The Morgan fingerprint density at radius 3 is 2.90 bits per heavy atom. The molecule has 1 aromatic carbocycles. The lowest BCUT2D eigenvalue weighted by atomic mass is 9.95. The third-order valence-corrected chi connectivity index (χ3v) is 5.24. The van der Waals surface area contributed by atoms with Crippen LogP contribution in [0.5, 0.6) is 5.88 Å². The number of hydrogen-bond donors (Lipinski definition) is 1. The molecule has 4 rings (SSSR count). The second kappa shape index (κ2) is 8.90. The zero-order chi connectivity index (χ0) is 20.1. The monoisotopic (exact) mass is 390 g/mol. The third kappa shape index (κ3) is 4.31. The van der Waals surface area contributed by atoms with Crippen molar-refractivity contribution in [1.82, 2.24) is 19.9 Å². The molecule has 6 nitrogen and oxygen atoms in total. The van der Waals surface area contributed by atoms with E-state index in [1.54, 1.807) is 6.20 Å². The van der Waals surface area contributed by atoms with Gasteiger partial charge in [0.2, 0.25) is 11.8 Å². The van der Waals surface area contributed by atoms with E-state index in [4.69, 9.17) is 4.74 Å². The molecule has 0 saturated carbocycles. The van der Waals surface area contributed by atoms with Gasteiger partial charge in [0.05, 0.1) is 6.61 Å². The Morgan fingerprint density at radius 2 is 2.07 bits per heavy atom. The van der Waals surface area contributed by atoms with Crippen LogP contribution in [0.25, 0.3) is 11.4 Å². The summed E-state index contributed by atoms with van der Waals surface area (Å²) in [6.07, 6.45) is 6.05. The lowest BCUT2D eigenvalue weighted by Gasteiger charge is -2.24. The average molecular weight is 390 g/mol. The maximum atomic E-state index is 12.8. The van der Waals surface area contributed by atoms with Gasteiger partial charge < -0.3 is 14.6 Å². The lowest BCUT2D eigenvalue weighted by molar-refractivity contribution is -0.125. The van der Waals surface area contributed by atoms with Crippen molar-refractivity contribution >= 4 is 5.91 Å². The van der Waals surface area contributed by atoms with Gasteiger partial charge in [0.25, 0.3) is 0 Å². The Kier molecular flexibility index (Phi) is 5.89. The van der Waals surface area contributed by atoms with E-state index in [2.05, 4.69) is 38.9 Å². The first-order valence-electron chi connectivity index (χ1n) is 10.2. The van der Waals surface area contributed by atoms with Gasteiger partial charge in [-0.15, -0.1) is 0 Å². The van der Waals surface area contributed by atoms with E-state index in [0.717, 1.165) is 42.0 Å². The maximum Gasteiger partial charge on any atom is 0.223 e. The molecule has 3 aromatic rings. The molecule has 6 heteroatoms. The van der Waals surface area contributed by atoms with Crippen LogP contribution in [0, 0.1) is 5.92 Å². The van der Waals surface area contributed by atoms with Gasteiger partial charge in [-0.05, 0) is 18.9 Å². The maximum absolute atomic E-state index is 12.8. The summed E-state index contributed by atoms with van der Waals surface area (Å²) in [7, 11) is 0. The summed E-state index contributed by atoms with van der Waals surface area (Å²) in [4.78, 5) is 21.7. The molecule has 0 spiro atoms. The molecule has 29 heavy (non-hydrogen) atoms. The molecule has 0 radical (unpaired) electrons. The van der Waals surface area contributed by atoms with Crippen molar-refractivity contribution in [1.29, 1.82) is 0 Å². The number of rotatable bonds is 7. The number of amides is 1. The van der Waals surface area contributed by atoms with Gasteiger partial charge >= 0.3 is 0 Å². The van der Waals surface area contributed by atoms with Crippen molar-refractivity contribution < 1.29 is 9.53 Å². The molecule has 0 saturated heterocycles. The Balaban J connectivity index is 1.39. The number of nitrogens with one attached hydrogen (secondary N) is 1. The quantitative estimate of drug-likeness (QED) is 0.669. The number of benzene rings is 1. The van der Waals surface area contributed by atoms with E-state index in [1.165, 1.54) is 0 Å². The first-order chi connectivity index (χ1) is 14.3. The number of pyridine rings is 1. The molecule has 150 valence electrons. The van der Waals surface area contributed by atoms with Crippen LogP contribution in [0.4, 0.5) is 0 Å². The minimum absolute atomic E-state index is 0.0421. The molecule has 2 aromatic heterocycles. The predicted molar refractivity (Wildman–Crippen MR) is 111 cm³/mol. The third-order valence-electron chi connectivity index (χ3n) is 5.24. The lowest BCUT2D eigenvalue weighted by Crippen LogP contribution is -2.35. The van der Waals surface area contributed by atoms with Crippen LogP contribution >= 0.6 is 0 Å². The number of nitrogens with zero attached hydrogens (tertiary/aromatic N) is 3. The molecule has 1 aliphatic heterocycles. The first-order valence-corrected chi connectivity index (χ1v) is 10.2. The van der Waals surface area contributed by atoms with Crippen molar-refractivity contribution in [2.24, 2.45) is 5.92 Å². The van der Waals surface area contributed by atoms with Crippen LogP contribution in [-0.2, 0) is 24.3 Å². The van der Waals surface area contributed by atoms with Gasteiger partial charge in [0.15, 0.2) is 0 Å². The summed E-state index contributed by atoms with van der Waals surface area (Å²) in [5, 5.41) is 3.07. The standard InChI is InChI=1S/C23H26N4O2/c1-2-13-29-23-19(9-6-11-24-23)15-26-22(28)18-10-12-27-20(14-18)16-25-21(27)17-7-4-3-5-8-17/h3-9,11,16,18H,2,10,12-15H2,1H3,(H,26,28)/t18-/m1/s1. The Morgan fingerprint density at radius 1 is 1.21 bits per heavy atom. The Labute approximate surface area is 171 Å². The number of ether oxygens (including phenoxy) is 1. The van der Waals surface area contributed by atoms with E-state index < -0.39 is 0 Å². The SMILES string of the molecule is CCCOc1ncccc1CNC(=O)[C@@H]1CCn2c(cnc2-c2ccccc2)C1. The van der Waals surface area contributed by atoms with Crippen LogP contribution in [0.15, 0.2) is 54.9 Å². The average Bonchev–Trinajstić information content (AvgIpc) is 3.20. The molecule has 3 heterocycles. The van der Waals surface area contributed by atoms with Crippen molar-refractivity contribution in [2.45, 2.75) is 39.3 Å². The summed E-state index contributed by atoms with van der Waals surface area (Å²) < 4.78 is 7.91. The van der Waals surface area contributed by atoms with E-state index in [1.807, 2.05) is 36.5 Å². The van der Waals surface area contributed by atoms with Crippen LogP contribution < -0.4 is 10.1 Å². The number of hydrogen-bond acceptors (Lipinski definition) is 4. The highest BCUT2D eigenvalue weighted by Crippen LogP contribution is 2.27. The molecule has 1 amide bonds. The fraction of sp³-hybridized carbons (Fsp3) is 0.348. The van der Waals surface area contributed by atoms with Gasteiger partial charge in [-0.2, -0.15) is 0 Å². The topological polar surface area (TPSA) is 69.0 Å². The predicted octanol–water partition coefficient (Wildman–Crippen LogP) is 3.61. The number of carbonyl (C=O) groups is 1. The normalized spacial score (nSPS) is 15.6. The fourth-order valence-corrected chi connectivity index (χ4v) is 3.72. The molecule has 0 bridgehead atoms. The zero-order valence-corrected chi connectivity index (χ0v) is 16.7. The highest BCUT2D eigenvalue weighted by atomic mass is 16.5. The van der Waals surface area contributed by atoms with Crippen LogP contribution in [0.2, 0.25) is 0 Å². The van der Waals surface area contributed by atoms with Crippen molar-refractivity contribution in [3.63, 3.8) is 0 Å². The van der Waals surface area contributed by atoms with Gasteiger partial charge in [-0.3, -0.25) is 4.79 Å². The fourth-order valence-electron chi connectivity index (χ4n) is 3.72. The van der Waals surface area contributed by atoms with Crippen LogP contribution in [0.3, 0.4) is 0 Å². The van der Waals surface area contributed by atoms with E-state index in [9.17, 15) is 4.79 Å². The minimum atomic E-state index is -0.0421. The number of aromatic nitrogens is 3. The molecular formula is C23H26N4O2. The summed E-state index contributed by atoms with van der Waals surface area (Å²) in [6.45, 7) is 3.90. The van der Waals surface area contributed by atoms with Crippen molar-refractivity contribution in [3.8, 4) is 17.3 Å². The Hall–Kier alpha value is -3.15. The molecule has 0 aliphatic carbocycles. The zero-order valence-electron chi connectivity index (χ0n) is 16.7. The van der Waals surface area contributed by atoms with E-state index in [0.29, 0.717) is 25.5 Å². The summed E-state index contributed by atoms with van der Waals surface area (Å²) >= 11 is 0. The van der Waals surface area contributed by atoms with Crippen molar-refractivity contribution in [3.05, 3.63) is 66.1 Å². The molecule has 0 unspecified atom stereocenters. The van der Waals surface area contributed by atoms with E-state index >= 15 is 0 Å². The van der Waals surface area contributed by atoms with Crippen LogP contribution in [0.1, 0.15) is 31.0 Å². The van der Waals surface area contributed by atoms with Crippen molar-refractivity contribution in [2.75, 3.05) is 6.61 Å². The largest absolute Gasteiger partial charge is 0.477 e.